The highest BCUT2D eigenvalue weighted by Crippen LogP contribution is 2.35. The van der Waals surface area contributed by atoms with Crippen molar-refractivity contribution >= 4 is 58.5 Å². The number of rotatable bonds is 16. The summed E-state index contributed by atoms with van der Waals surface area (Å²) in [6.45, 7) is 19.6. The van der Waals surface area contributed by atoms with E-state index in [0.717, 1.165) is 11.3 Å². The van der Waals surface area contributed by atoms with Gasteiger partial charge in [-0.15, -0.1) is 34.5 Å². The van der Waals surface area contributed by atoms with Crippen molar-refractivity contribution in [2.45, 2.75) is 122 Å². The van der Waals surface area contributed by atoms with Gasteiger partial charge in [-0.3, -0.25) is 4.79 Å². The highest BCUT2D eigenvalue weighted by molar-refractivity contribution is 7.09. The molecule has 2 N–H and O–H groups in total. The Bertz CT molecular complexity index is 1180. The standard InChI is InChI=1S/C31H48Cl2N2O9S/c1-12-16-41-25(37)22(30(9,10)40)43-26(38)29(7,8)20(14-13-15-31(11,32)33)42-24(36)19-17-45-23(34-19)21(18(2)3)35-27(39)44-28(4,5)6/h12,17-18,20-22,40H,1,13-16H2,2-11H3,(H,35,39)/t20-,21-,22+/m0/s1. The fraction of sp³-hybridized carbons (Fsp3) is 0.710. The number of thiazole rings is 1. The third-order valence-corrected chi connectivity index (χ3v) is 7.73. The molecule has 0 aromatic carbocycles. The van der Waals surface area contributed by atoms with E-state index in [2.05, 4.69) is 16.9 Å². The minimum Gasteiger partial charge on any atom is -0.459 e. The zero-order valence-electron chi connectivity index (χ0n) is 27.8. The van der Waals surface area contributed by atoms with E-state index >= 15 is 0 Å². The number of halogens is 2. The molecule has 1 heterocycles. The van der Waals surface area contributed by atoms with Gasteiger partial charge in [0.05, 0.1) is 11.5 Å². The first-order chi connectivity index (χ1) is 20.4. The number of hydrogen-bond acceptors (Lipinski definition) is 11. The van der Waals surface area contributed by atoms with E-state index in [1.807, 2.05) is 13.8 Å². The number of aromatic nitrogens is 1. The van der Waals surface area contributed by atoms with E-state index in [1.54, 1.807) is 27.7 Å². The number of alkyl halides is 2. The quantitative estimate of drug-likeness (QED) is 0.0829. The van der Waals surface area contributed by atoms with Gasteiger partial charge in [0.1, 0.15) is 33.3 Å². The van der Waals surface area contributed by atoms with E-state index in [0.29, 0.717) is 17.8 Å². The van der Waals surface area contributed by atoms with Crippen LogP contribution in [0.5, 0.6) is 0 Å². The molecule has 0 bridgehead atoms. The summed E-state index contributed by atoms with van der Waals surface area (Å²) in [6, 6.07) is -0.543. The third-order valence-electron chi connectivity index (χ3n) is 6.42. The van der Waals surface area contributed by atoms with Crippen LogP contribution in [0, 0.1) is 11.3 Å². The summed E-state index contributed by atoms with van der Waals surface area (Å²) < 4.78 is 20.7. The number of amides is 1. The zero-order chi connectivity index (χ0) is 35.0. The van der Waals surface area contributed by atoms with Gasteiger partial charge in [0.2, 0.25) is 6.10 Å². The third kappa shape index (κ3) is 13.9. The smallest absolute Gasteiger partial charge is 0.408 e. The van der Waals surface area contributed by atoms with E-state index in [-0.39, 0.29) is 24.6 Å². The van der Waals surface area contributed by atoms with Crippen molar-refractivity contribution in [2.75, 3.05) is 6.61 Å². The molecule has 0 aliphatic rings. The van der Waals surface area contributed by atoms with Crippen LogP contribution in [0.3, 0.4) is 0 Å². The van der Waals surface area contributed by atoms with Gasteiger partial charge < -0.3 is 29.4 Å². The number of nitrogens with zero attached hydrogens (tertiary/aromatic N) is 1. The van der Waals surface area contributed by atoms with Gasteiger partial charge >= 0.3 is 24.0 Å². The van der Waals surface area contributed by atoms with Crippen molar-refractivity contribution in [3.63, 3.8) is 0 Å². The Morgan fingerprint density at radius 3 is 2.16 bits per heavy atom. The van der Waals surface area contributed by atoms with Crippen molar-refractivity contribution in [3.8, 4) is 0 Å². The predicted octanol–water partition coefficient (Wildman–Crippen LogP) is 6.69. The summed E-state index contributed by atoms with van der Waals surface area (Å²) in [5.41, 5.74) is -4.02. The lowest BCUT2D eigenvalue weighted by Gasteiger charge is -2.35. The van der Waals surface area contributed by atoms with Crippen molar-refractivity contribution in [1.29, 1.82) is 0 Å². The molecule has 0 radical (unpaired) electrons. The van der Waals surface area contributed by atoms with Crippen LogP contribution < -0.4 is 5.32 Å². The van der Waals surface area contributed by atoms with Crippen LogP contribution in [-0.2, 0) is 28.5 Å². The monoisotopic (exact) mass is 694 g/mol. The molecule has 0 saturated heterocycles. The maximum absolute atomic E-state index is 13.5. The zero-order valence-corrected chi connectivity index (χ0v) is 30.2. The minimum absolute atomic E-state index is 0.0253. The van der Waals surface area contributed by atoms with Crippen molar-refractivity contribution in [1.82, 2.24) is 10.3 Å². The number of ether oxygens (including phenoxy) is 4. The van der Waals surface area contributed by atoms with Gasteiger partial charge in [0.25, 0.3) is 0 Å². The van der Waals surface area contributed by atoms with Crippen LogP contribution in [0.1, 0.15) is 110 Å². The van der Waals surface area contributed by atoms with Crippen LogP contribution in [0.25, 0.3) is 0 Å². The Morgan fingerprint density at radius 2 is 1.67 bits per heavy atom. The fourth-order valence-electron chi connectivity index (χ4n) is 3.91. The summed E-state index contributed by atoms with van der Waals surface area (Å²) in [4.78, 5) is 56.4. The van der Waals surface area contributed by atoms with Crippen LogP contribution in [0.2, 0.25) is 0 Å². The molecular formula is C31H48Cl2N2O9S. The first kappa shape index (κ1) is 40.6. The van der Waals surface area contributed by atoms with Crippen LogP contribution in [-0.4, -0.2) is 68.4 Å². The average Bonchev–Trinajstić information content (AvgIpc) is 3.35. The minimum atomic E-state index is -1.79. The summed E-state index contributed by atoms with van der Waals surface area (Å²) in [5.74, 6) is -2.78. The van der Waals surface area contributed by atoms with Crippen molar-refractivity contribution in [2.24, 2.45) is 11.3 Å². The Hall–Kier alpha value is -2.41. The van der Waals surface area contributed by atoms with Crippen molar-refractivity contribution < 1.29 is 43.2 Å². The topological polar surface area (TPSA) is 150 Å². The summed E-state index contributed by atoms with van der Waals surface area (Å²) >= 11 is 13.5. The van der Waals surface area contributed by atoms with Gasteiger partial charge in [0, 0.05) is 5.38 Å². The number of hydrogen-bond donors (Lipinski definition) is 2. The first-order valence-electron chi connectivity index (χ1n) is 14.6. The van der Waals surface area contributed by atoms with Gasteiger partial charge in [0.15, 0.2) is 5.69 Å². The summed E-state index contributed by atoms with van der Waals surface area (Å²) in [5, 5.41) is 15.3. The molecule has 3 atom stereocenters. The predicted molar refractivity (Wildman–Crippen MR) is 173 cm³/mol. The lowest BCUT2D eigenvalue weighted by Crippen LogP contribution is -2.50. The van der Waals surface area contributed by atoms with Crippen LogP contribution in [0.15, 0.2) is 18.0 Å². The molecule has 1 aromatic rings. The molecule has 1 rings (SSSR count). The molecular weight excluding hydrogens is 647 g/mol. The van der Waals surface area contributed by atoms with Gasteiger partial charge in [-0.1, -0.05) is 26.5 Å². The summed E-state index contributed by atoms with van der Waals surface area (Å²) in [7, 11) is 0. The lowest BCUT2D eigenvalue weighted by molar-refractivity contribution is -0.192. The maximum atomic E-state index is 13.5. The van der Waals surface area contributed by atoms with E-state index in [1.165, 1.54) is 39.2 Å². The number of esters is 3. The molecule has 0 unspecified atom stereocenters. The number of aliphatic hydroxyl groups is 1. The van der Waals surface area contributed by atoms with Crippen molar-refractivity contribution in [3.05, 3.63) is 28.7 Å². The molecule has 0 aliphatic heterocycles. The lowest BCUT2D eigenvalue weighted by atomic mass is 9.83. The van der Waals surface area contributed by atoms with E-state index in [4.69, 9.17) is 42.1 Å². The molecule has 256 valence electrons. The molecule has 0 saturated carbocycles. The molecule has 1 amide bonds. The number of carbonyl (C=O) groups is 4. The molecule has 0 fully saturated rings. The molecule has 1 aromatic heterocycles. The second-order valence-electron chi connectivity index (χ2n) is 13.4. The van der Waals surface area contributed by atoms with Crippen LogP contribution >= 0.6 is 34.5 Å². The molecule has 45 heavy (non-hydrogen) atoms. The van der Waals surface area contributed by atoms with Gasteiger partial charge in [-0.2, -0.15) is 0 Å². The van der Waals surface area contributed by atoms with E-state index < -0.39 is 63.2 Å². The maximum Gasteiger partial charge on any atom is 0.408 e. The Kier molecular flexibility index (Phi) is 14.8. The first-order valence-corrected chi connectivity index (χ1v) is 16.3. The molecule has 0 aliphatic carbocycles. The van der Waals surface area contributed by atoms with E-state index in [9.17, 15) is 24.3 Å². The fourth-order valence-corrected chi connectivity index (χ4v) is 5.19. The normalized spacial score (nSPS) is 14.6. The largest absolute Gasteiger partial charge is 0.459 e. The highest BCUT2D eigenvalue weighted by atomic mass is 35.5. The number of alkyl carbamates (subject to hydrolysis) is 1. The molecule has 14 heteroatoms. The SMILES string of the molecule is C=CCOC(=O)[C@@H](OC(=O)C(C)(C)[C@H](CCCC(C)(Cl)Cl)OC(=O)c1csc([C@@H](NC(=O)OC(C)(C)C)C(C)C)n1)C(C)(C)O. The van der Waals surface area contributed by atoms with Gasteiger partial charge in [-0.25, -0.2) is 19.4 Å². The second kappa shape index (κ2) is 16.4. The van der Waals surface area contributed by atoms with Gasteiger partial charge in [-0.05, 0) is 80.6 Å². The number of carbonyl (C=O) groups excluding carboxylic acids is 4. The average molecular weight is 696 g/mol. The Labute approximate surface area is 280 Å². The molecule has 11 nitrogen and oxygen atoms in total. The number of nitrogens with one attached hydrogen (secondary N) is 1. The summed E-state index contributed by atoms with van der Waals surface area (Å²) in [6.07, 6.45) is -1.18. The molecule has 0 spiro atoms. The second-order valence-corrected chi connectivity index (χ2v) is 16.1. The Morgan fingerprint density at radius 1 is 1.07 bits per heavy atom. The highest BCUT2D eigenvalue weighted by Gasteiger charge is 2.46. The Balaban J connectivity index is 3.29. The van der Waals surface area contributed by atoms with Crippen LogP contribution in [0.4, 0.5) is 4.79 Å².